The maximum absolute atomic E-state index is 13.2. The van der Waals surface area contributed by atoms with Gasteiger partial charge in [-0.1, -0.05) is 6.07 Å². The summed E-state index contributed by atoms with van der Waals surface area (Å²) in [5, 5.41) is 18.6. The highest BCUT2D eigenvalue weighted by Crippen LogP contribution is 2.28. The second-order valence-corrected chi connectivity index (χ2v) is 6.59. The Bertz CT molecular complexity index is 645. The second-order valence-electron chi connectivity index (χ2n) is 4.73. The molecule has 0 spiro atoms. The summed E-state index contributed by atoms with van der Waals surface area (Å²) < 4.78 is 38.9. The molecule has 6 nitrogen and oxygen atoms in total. The number of carboxylic acids is 1. The number of β-amino-alcohol motifs (C(OH)–C–C–N with tert-alkyl or cyclic N) is 1. The van der Waals surface area contributed by atoms with E-state index < -0.39 is 34.0 Å². The van der Waals surface area contributed by atoms with Crippen molar-refractivity contribution in [2.45, 2.75) is 30.4 Å². The van der Waals surface area contributed by atoms with Crippen molar-refractivity contribution in [1.82, 2.24) is 4.31 Å². The number of rotatable bonds is 3. The summed E-state index contributed by atoms with van der Waals surface area (Å²) in [7, 11) is -4.17. The Kier molecular flexibility index (Phi) is 3.81. The molecule has 0 amide bonds. The number of aliphatic hydroxyl groups excluding tert-OH is 1. The fourth-order valence-electron chi connectivity index (χ4n) is 2.25. The molecule has 8 heteroatoms. The van der Waals surface area contributed by atoms with Crippen LogP contribution in [0, 0.1) is 12.7 Å². The minimum absolute atomic E-state index is 0.178. The van der Waals surface area contributed by atoms with E-state index in [-0.39, 0.29) is 17.9 Å². The van der Waals surface area contributed by atoms with Gasteiger partial charge in [-0.2, -0.15) is 4.31 Å². The summed E-state index contributed by atoms with van der Waals surface area (Å²) in [5.41, 5.74) is 0.317. The van der Waals surface area contributed by atoms with Gasteiger partial charge in [-0.15, -0.1) is 0 Å². The summed E-state index contributed by atoms with van der Waals surface area (Å²) in [6.45, 7) is 1.18. The molecule has 0 saturated carbocycles. The number of halogens is 1. The predicted molar refractivity (Wildman–Crippen MR) is 67.1 cm³/mol. The lowest BCUT2D eigenvalue weighted by Crippen LogP contribution is -2.40. The normalized spacial score (nSPS) is 23.9. The molecule has 110 valence electrons. The van der Waals surface area contributed by atoms with Gasteiger partial charge in [-0.05, 0) is 24.6 Å². The van der Waals surface area contributed by atoms with Crippen molar-refractivity contribution in [3.8, 4) is 0 Å². The van der Waals surface area contributed by atoms with Crippen molar-refractivity contribution in [2.24, 2.45) is 0 Å². The van der Waals surface area contributed by atoms with E-state index in [1.54, 1.807) is 0 Å². The quantitative estimate of drug-likeness (QED) is 0.840. The first-order chi connectivity index (χ1) is 9.23. The van der Waals surface area contributed by atoms with Crippen LogP contribution in [0.25, 0.3) is 0 Å². The smallest absolute Gasteiger partial charge is 0.322 e. The van der Waals surface area contributed by atoms with Gasteiger partial charge in [0.1, 0.15) is 11.9 Å². The topological polar surface area (TPSA) is 94.9 Å². The highest BCUT2D eigenvalue weighted by Gasteiger charge is 2.44. The molecule has 0 aliphatic carbocycles. The van der Waals surface area contributed by atoms with Gasteiger partial charge in [0.15, 0.2) is 0 Å². The van der Waals surface area contributed by atoms with Crippen LogP contribution in [0.5, 0.6) is 0 Å². The van der Waals surface area contributed by atoms with Crippen molar-refractivity contribution in [2.75, 3.05) is 6.54 Å². The number of benzene rings is 1. The van der Waals surface area contributed by atoms with Crippen LogP contribution in [-0.4, -0.2) is 47.6 Å². The van der Waals surface area contributed by atoms with E-state index in [2.05, 4.69) is 0 Å². The lowest BCUT2D eigenvalue weighted by molar-refractivity contribution is -0.140. The Labute approximate surface area is 115 Å². The highest BCUT2D eigenvalue weighted by atomic mass is 32.2. The van der Waals surface area contributed by atoms with Gasteiger partial charge < -0.3 is 10.2 Å². The maximum Gasteiger partial charge on any atom is 0.322 e. The highest BCUT2D eigenvalue weighted by molar-refractivity contribution is 7.89. The Balaban J connectivity index is 2.49. The van der Waals surface area contributed by atoms with E-state index in [4.69, 9.17) is 5.11 Å². The van der Waals surface area contributed by atoms with Gasteiger partial charge in [0.2, 0.25) is 10.0 Å². The molecule has 2 atom stereocenters. The molecule has 20 heavy (non-hydrogen) atoms. The molecule has 1 aliphatic heterocycles. The van der Waals surface area contributed by atoms with E-state index in [1.165, 1.54) is 13.0 Å². The standard InChI is InChI=1S/C12H14FNO5S/c1-7-2-3-8(13)4-11(7)20(18,19)14-6-9(15)5-10(14)12(16)17/h2-4,9-10,15H,5-6H2,1H3,(H,16,17)/t9-,10-/m0/s1. The number of hydrogen-bond acceptors (Lipinski definition) is 4. The van der Waals surface area contributed by atoms with Gasteiger partial charge >= 0.3 is 5.97 Å². The summed E-state index contributed by atoms with van der Waals surface area (Å²) in [6, 6.07) is 1.96. The van der Waals surface area contributed by atoms with E-state index in [0.717, 1.165) is 12.1 Å². The summed E-state index contributed by atoms with van der Waals surface area (Å²) in [4.78, 5) is 10.8. The molecule has 1 saturated heterocycles. The molecule has 0 unspecified atom stereocenters. The number of sulfonamides is 1. The van der Waals surface area contributed by atoms with Gasteiger partial charge in [0, 0.05) is 13.0 Å². The van der Waals surface area contributed by atoms with Crippen molar-refractivity contribution < 1.29 is 27.8 Å². The van der Waals surface area contributed by atoms with Gasteiger partial charge in [-0.25, -0.2) is 12.8 Å². The fraction of sp³-hybridized carbons (Fsp3) is 0.417. The molecule has 1 heterocycles. The molecule has 0 bridgehead atoms. The molecule has 1 fully saturated rings. The van der Waals surface area contributed by atoms with E-state index in [1.807, 2.05) is 0 Å². The summed E-state index contributed by atoms with van der Waals surface area (Å²) >= 11 is 0. The van der Waals surface area contributed by atoms with Crippen LogP contribution in [0.1, 0.15) is 12.0 Å². The Hall–Kier alpha value is -1.51. The Morgan fingerprint density at radius 3 is 2.70 bits per heavy atom. The molecule has 2 N–H and O–H groups in total. The average molecular weight is 303 g/mol. The first-order valence-corrected chi connectivity index (χ1v) is 7.36. The van der Waals surface area contributed by atoms with Crippen LogP contribution >= 0.6 is 0 Å². The number of carboxylic acid groups (broad SMARTS) is 1. The van der Waals surface area contributed by atoms with Crippen LogP contribution in [0.4, 0.5) is 4.39 Å². The van der Waals surface area contributed by atoms with Crippen molar-refractivity contribution in [1.29, 1.82) is 0 Å². The Morgan fingerprint density at radius 2 is 2.10 bits per heavy atom. The van der Waals surface area contributed by atoms with Crippen molar-refractivity contribution in [3.05, 3.63) is 29.6 Å². The molecule has 0 radical (unpaired) electrons. The van der Waals surface area contributed by atoms with Crippen LogP contribution in [0.15, 0.2) is 23.1 Å². The zero-order valence-corrected chi connectivity index (χ0v) is 11.5. The maximum atomic E-state index is 13.2. The van der Waals surface area contributed by atoms with Crippen LogP contribution in [-0.2, 0) is 14.8 Å². The molecule has 1 aromatic rings. The lowest BCUT2D eigenvalue weighted by atomic mass is 10.2. The zero-order chi connectivity index (χ0) is 15.1. The fourth-order valence-corrected chi connectivity index (χ4v) is 4.12. The van der Waals surface area contributed by atoms with Crippen molar-refractivity contribution >= 4 is 16.0 Å². The number of aryl methyl sites for hydroxylation is 1. The minimum Gasteiger partial charge on any atom is -0.480 e. The largest absolute Gasteiger partial charge is 0.480 e. The second kappa shape index (κ2) is 5.12. The van der Waals surface area contributed by atoms with Crippen molar-refractivity contribution in [3.63, 3.8) is 0 Å². The van der Waals surface area contributed by atoms with Crippen LogP contribution < -0.4 is 0 Å². The zero-order valence-electron chi connectivity index (χ0n) is 10.7. The molecular weight excluding hydrogens is 289 g/mol. The average Bonchev–Trinajstić information content (AvgIpc) is 2.75. The third kappa shape index (κ3) is 2.54. The third-order valence-corrected chi connectivity index (χ3v) is 5.27. The van der Waals surface area contributed by atoms with Gasteiger partial charge in [0.25, 0.3) is 0 Å². The monoisotopic (exact) mass is 303 g/mol. The van der Waals surface area contributed by atoms with Gasteiger partial charge in [0.05, 0.1) is 11.0 Å². The summed E-state index contributed by atoms with van der Waals surface area (Å²) in [6.07, 6.45) is -1.22. The molecule has 1 aromatic carbocycles. The number of nitrogens with zero attached hydrogens (tertiary/aromatic N) is 1. The first kappa shape index (κ1) is 14.9. The SMILES string of the molecule is Cc1ccc(F)cc1S(=O)(=O)N1C[C@@H](O)C[C@H]1C(=O)O. The Morgan fingerprint density at radius 1 is 1.45 bits per heavy atom. The predicted octanol–water partition coefficient (Wildman–Crippen LogP) is 0.343. The summed E-state index contributed by atoms with van der Waals surface area (Å²) in [5.74, 6) is -2.06. The van der Waals surface area contributed by atoms with E-state index in [0.29, 0.717) is 9.87 Å². The van der Waals surface area contributed by atoms with Crippen LogP contribution in [0.2, 0.25) is 0 Å². The van der Waals surface area contributed by atoms with Gasteiger partial charge in [-0.3, -0.25) is 4.79 Å². The molecule has 0 aromatic heterocycles. The van der Waals surface area contributed by atoms with E-state index in [9.17, 15) is 22.7 Å². The molecule has 2 rings (SSSR count). The lowest BCUT2D eigenvalue weighted by Gasteiger charge is -2.21. The molecular formula is C12H14FNO5S. The number of aliphatic carboxylic acids is 1. The van der Waals surface area contributed by atoms with E-state index >= 15 is 0 Å². The number of carbonyl (C=O) groups is 1. The third-order valence-electron chi connectivity index (χ3n) is 3.26. The van der Waals surface area contributed by atoms with Crippen LogP contribution in [0.3, 0.4) is 0 Å². The minimum atomic E-state index is -4.17. The number of hydrogen-bond donors (Lipinski definition) is 2. The first-order valence-electron chi connectivity index (χ1n) is 5.92. The molecule has 1 aliphatic rings. The number of aliphatic hydroxyl groups is 1.